The molecule has 18 heavy (non-hydrogen) atoms. The highest BCUT2D eigenvalue weighted by Gasteiger charge is 2.34. The van der Waals surface area contributed by atoms with E-state index in [0.717, 1.165) is 18.7 Å². The van der Waals surface area contributed by atoms with Gasteiger partial charge in [-0.05, 0) is 51.1 Å². The largest absolute Gasteiger partial charge is 0.311 e. The minimum atomic E-state index is -0.537. The lowest BCUT2D eigenvalue weighted by Gasteiger charge is -2.29. The fraction of sp³-hybridized carbons (Fsp3) is 0.429. The quantitative estimate of drug-likeness (QED) is 0.816. The van der Waals surface area contributed by atoms with Gasteiger partial charge in [-0.25, -0.2) is 0 Å². The van der Waals surface area contributed by atoms with Crippen molar-refractivity contribution in [2.45, 2.75) is 25.8 Å². The summed E-state index contributed by atoms with van der Waals surface area (Å²) < 4.78 is 0. The zero-order valence-electron chi connectivity index (χ0n) is 10.7. The summed E-state index contributed by atoms with van der Waals surface area (Å²) in [6, 6.07) is 9.23. The van der Waals surface area contributed by atoms with Crippen molar-refractivity contribution < 1.29 is 4.79 Å². The molecule has 1 saturated heterocycles. The highest BCUT2D eigenvalue weighted by Crippen LogP contribution is 2.21. The Labute approximate surface area is 107 Å². The van der Waals surface area contributed by atoms with Gasteiger partial charge in [-0.2, -0.15) is 5.26 Å². The van der Waals surface area contributed by atoms with Gasteiger partial charge < -0.3 is 10.2 Å². The normalized spacial score (nSPS) is 19.2. The first-order valence-electron chi connectivity index (χ1n) is 6.12. The van der Waals surface area contributed by atoms with Crippen LogP contribution in [0, 0.1) is 11.3 Å². The number of nitrogens with one attached hydrogen (secondary N) is 1. The lowest BCUT2D eigenvalue weighted by Crippen LogP contribution is -2.51. The molecule has 0 spiro atoms. The Morgan fingerprint density at radius 3 is 2.61 bits per heavy atom. The summed E-state index contributed by atoms with van der Waals surface area (Å²) in [7, 11) is 0. The third-order valence-electron chi connectivity index (χ3n) is 3.21. The molecule has 1 aliphatic rings. The predicted molar refractivity (Wildman–Crippen MR) is 70.2 cm³/mol. The molecule has 1 aromatic carbocycles. The van der Waals surface area contributed by atoms with Crippen LogP contribution in [-0.2, 0) is 4.79 Å². The minimum absolute atomic E-state index is 0.0738. The maximum atomic E-state index is 12.4. The first kappa shape index (κ1) is 12.6. The molecule has 0 saturated carbocycles. The van der Waals surface area contributed by atoms with E-state index in [1.807, 2.05) is 26.0 Å². The Balaban J connectivity index is 2.30. The average Bonchev–Trinajstić information content (AvgIpc) is 2.50. The molecule has 0 unspecified atom stereocenters. The van der Waals surface area contributed by atoms with Crippen molar-refractivity contribution in [1.29, 1.82) is 5.26 Å². The third-order valence-corrected chi connectivity index (χ3v) is 3.21. The summed E-state index contributed by atoms with van der Waals surface area (Å²) in [5.74, 6) is 0.0738. The van der Waals surface area contributed by atoms with Crippen molar-refractivity contribution in [3.05, 3.63) is 29.8 Å². The number of anilines is 1. The molecule has 4 nitrogen and oxygen atoms in total. The summed E-state index contributed by atoms with van der Waals surface area (Å²) in [4.78, 5) is 14.2. The molecular formula is C14H17N3O. The van der Waals surface area contributed by atoms with E-state index in [1.54, 1.807) is 17.0 Å². The van der Waals surface area contributed by atoms with Crippen LogP contribution in [0.2, 0.25) is 0 Å². The van der Waals surface area contributed by atoms with E-state index in [4.69, 9.17) is 5.26 Å². The van der Waals surface area contributed by atoms with Crippen molar-refractivity contribution in [2.24, 2.45) is 0 Å². The second-order valence-corrected chi connectivity index (χ2v) is 5.02. The van der Waals surface area contributed by atoms with E-state index in [2.05, 4.69) is 11.4 Å². The average molecular weight is 243 g/mol. The zero-order chi connectivity index (χ0) is 13.2. The van der Waals surface area contributed by atoms with Crippen molar-refractivity contribution in [2.75, 3.05) is 18.0 Å². The SMILES string of the molecule is CC1(C)NCCCN(c2ccc(C#N)cc2)C1=O. The minimum Gasteiger partial charge on any atom is -0.311 e. The fourth-order valence-electron chi connectivity index (χ4n) is 2.11. The van der Waals surface area contributed by atoms with E-state index < -0.39 is 5.54 Å². The molecule has 0 atom stereocenters. The monoisotopic (exact) mass is 243 g/mol. The van der Waals surface area contributed by atoms with Crippen molar-refractivity contribution in [1.82, 2.24) is 5.32 Å². The summed E-state index contributed by atoms with van der Waals surface area (Å²) in [6.45, 7) is 5.35. The molecule has 1 heterocycles. The Morgan fingerprint density at radius 2 is 2.00 bits per heavy atom. The molecule has 1 aliphatic heterocycles. The number of nitriles is 1. The van der Waals surface area contributed by atoms with Crippen molar-refractivity contribution in [3.63, 3.8) is 0 Å². The van der Waals surface area contributed by atoms with E-state index in [0.29, 0.717) is 12.1 Å². The fourth-order valence-corrected chi connectivity index (χ4v) is 2.11. The molecule has 4 heteroatoms. The molecule has 0 aliphatic carbocycles. The van der Waals surface area contributed by atoms with Crippen LogP contribution in [0.3, 0.4) is 0 Å². The van der Waals surface area contributed by atoms with Gasteiger partial charge in [0.15, 0.2) is 0 Å². The second kappa shape index (κ2) is 4.79. The Kier molecular flexibility index (Phi) is 3.35. The van der Waals surface area contributed by atoms with Gasteiger partial charge in [0.05, 0.1) is 17.2 Å². The molecule has 2 rings (SSSR count). The second-order valence-electron chi connectivity index (χ2n) is 5.02. The zero-order valence-corrected chi connectivity index (χ0v) is 10.7. The van der Waals surface area contributed by atoms with Crippen molar-refractivity contribution in [3.8, 4) is 6.07 Å². The smallest absolute Gasteiger partial charge is 0.246 e. The van der Waals surface area contributed by atoms with Gasteiger partial charge in [0.25, 0.3) is 0 Å². The van der Waals surface area contributed by atoms with Crippen molar-refractivity contribution >= 4 is 11.6 Å². The Hall–Kier alpha value is -1.86. The highest BCUT2D eigenvalue weighted by molar-refractivity contribution is 6.00. The first-order valence-corrected chi connectivity index (χ1v) is 6.12. The molecule has 1 fully saturated rings. The van der Waals surface area contributed by atoms with Gasteiger partial charge in [0.1, 0.15) is 0 Å². The summed E-state index contributed by atoms with van der Waals surface area (Å²) in [5, 5.41) is 12.0. The lowest BCUT2D eigenvalue weighted by molar-refractivity contribution is -0.123. The molecule has 1 aromatic rings. The van der Waals surface area contributed by atoms with Gasteiger partial charge in [-0.15, -0.1) is 0 Å². The molecular weight excluding hydrogens is 226 g/mol. The molecule has 0 bridgehead atoms. The van der Waals surface area contributed by atoms with Crippen LogP contribution in [0.5, 0.6) is 0 Å². The number of carbonyl (C=O) groups excluding carboxylic acids is 1. The lowest BCUT2D eigenvalue weighted by atomic mass is 10.0. The topological polar surface area (TPSA) is 56.1 Å². The first-order chi connectivity index (χ1) is 8.54. The highest BCUT2D eigenvalue weighted by atomic mass is 16.2. The van der Waals surface area contributed by atoms with Gasteiger partial charge in [0, 0.05) is 12.2 Å². The van der Waals surface area contributed by atoms with Crippen LogP contribution in [-0.4, -0.2) is 24.5 Å². The van der Waals surface area contributed by atoms with Gasteiger partial charge >= 0.3 is 0 Å². The molecule has 1 amide bonds. The number of benzene rings is 1. The van der Waals surface area contributed by atoms with E-state index in [-0.39, 0.29) is 5.91 Å². The van der Waals surface area contributed by atoms with Gasteiger partial charge in [0.2, 0.25) is 5.91 Å². The van der Waals surface area contributed by atoms with Gasteiger partial charge in [-0.3, -0.25) is 4.79 Å². The molecule has 94 valence electrons. The Morgan fingerprint density at radius 1 is 1.33 bits per heavy atom. The van der Waals surface area contributed by atoms with Crippen LogP contribution < -0.4 is 10.2 Å². The molecule has 0 aromatic heterocycles. The summed E-state index contributed by atoms with van der Waals surface area (Å²) in [6.07, 6.45) is 0.926. The number of hydrogen-bond donors (Lipinski definition) is 1. The Bertz CT molecular complexity index is 485. The third kappa shape index (κ3) is 2.36. The number of rotatable bonds is 1. The number of hydrogen-bond acceptors (Lipinski definition) is 3. The number of carbonyl (C=O) groups is 1. The van der Waals surface area contributed by atoms with Crippen LogP contribution in [0.1, 0.15) is 25.8 Å². The standard InChI is InChI=1S/C14H17N3O/c1-14(2)13(18)17(9-3-8-16-14)12-6-4-11(10-15)5-7-12/h4-7,16H,3,8-9H2,1-2H3. The van der Waals surface area contributed by atoms with Crippen LogP contribution in [0.15, 0.2) is 24.3 Å². The summed E-state index contributed by atoms with van der Waals surface area (Å²) in [5.41, 5.74) is 0.930. The predicted octanol–water partition coefficient (Wildman–Crippen LogP) is 1.66. The molecule has 0 radical (unpaired) electrons. The maximum Gasteiger partial charge on any atom is 0.246 e. The van der Waals surface area contributed by atoms with Crippen LogP contribution >= 0.6 is 0 Å². The van der Waals surface area contributed by atoms with E-state index in [1.165, 1.54) is 0 Å². The van der Waals surface area contributed by atoms with Crippen LogP contribution in [0.4, 0.5) is 5.69 Å². The number of nitrogens with zero attached hydrogens (tertiary/aromatic N) is 2. The number of amides is 1. The molecule has 1 N–H and O–H groups in total. The van der Waals surface area contributed by atoms with Gasteiger partial charge in [-0.1, -0.05) is 0 Å². The van der Waals surface area contributed by atoms with E-state index in [9.17, 15) is 4.79 Å². The van der Waals surface area contributed by atoms with Crippen LogP contribution in [0.25, 0.3) is 0 Å². The summed E-state index contributed by atoms with van der Waals surface area (Å²) >= 11 is 0. The maximum absolute atomic E-state index is 12.4. The van der Waals surface area contributed by atoms with E-state index >= 15 is 0 Å².